The number of hydrogen-bond acceptors (Lipinski definition) is 4. The molecule has 26 heavy (non-hydrogen) atoms. The van der Waals surface area contributed by atoms with Crippen molar-refractivity contribution in [1.29, 1.82) is 0 Å². The summed E-state index contributed by atoms with van der Waals surface area (Å²) in [6.45, 7) is 7.56. The second-order valence-electron chi connectivity index (χ2n) is 6.90. The summed E-state index contributed by atoms with van der Waals surface area (Å²) < 4.78 is 14.8. The van der Waals surface area contributed by atoms with Gasteiger partial charge in [-0.1, -0.05) is 12.1 Å². The average molecular weight is 359 g/mol. The summed E-state index contributed by atoms with van der Waals surface area (Å²) >= 11 is 0. The molecule has 1 N–H and O–H groups in total. The Morgan fingerprint density at radius 2 is 1.92 bits per heavy atom. The first kappa shape index (κ1) is 18.5. The predicted octanol–water partition coefficient (Wildman–Crippen LogP) is 2.06. The molecule has 1 saturated heterocycles. The zero-order chi connectivity index (χ0) is 18.5. The van der Waals surface area contributed by atoms with Crippen molar-refractivity contribution >= 4 is 5.91 Å². The standard InChI is InChI=1S/C19H26FN5O/c1-14-22-15(2)25(23-14)12-9-21-19(26)17-7-10-24(11-8-17)13-16-3-5-18(20)6-4-16/h3-6,17H,7-13H2,1-2H3,(H,21,26). The van der Waals surface area contributed by atoms with Crippen molar-refractivity contribution in [2.24, 2.45) is 5.92 Å². The van der Waals surface area contributed by atoms with Crippen LogP contribution in [-0.4, -0.2) is 45.2 Å². The third-order valence-corrected chi connectivity index (χ3v) is 4.86. The lowest BCUT2D eigenvalue weighted by molar-refractivity contribution is -0.126. The molecule has 0 atom stereocenters. The molecule has 1 fully saturated rings. The summed E-state index contributed by atoms with van der Waals surface area (Å²) in [5.74, 6) is 1.60. The number of amides is 1. The highest BCUT2D eigenvalue weighted by atomic mass is 19.1. The van der Waals surface area contributed by atoms with Crippen molar-refractivity contribution in [1.82, 2.24) is 25.0 Å². The molecule has 6 nitrogen and oxygen atoms in total. The normalized spacial score (nSPS) is 16.0. The second-order valence-corrected chi connectivity index (χ2v) is 6.90. The lowest BCUT2D eigenvalue weighted by Gasteiger charge is -2.31. The number of aryl methyl sites for hydroxylation is 2. The van der Waals surface area contributed by atoms with Crippen molar-refractivity contribution in [3.8, 4) is 0 Å². The Balaban J connectivity index is 1.39. The lowest BCUT2D eigenvalue weighted by atomic mass is 9.95. The van der Waals surface area contributed by atoms with Crippen LogP contribution < -0.4 is 5.32 Å². The van der Waals surface area contributed by atoms with E-state index in [2.05, 4.69) is 20.3 Å². The van der Waals surface area contributed by atoms with Gasteiger partial charge in [0.2, 0.25) is 5.91 Å². The number of carbonyl (C=O) groups is 1. The van der Waals surface area contributed by atoms with Crippen LogP contribution in [0.25, 0.3) is 0 Å². The summed E-state index contributed by atoms with van der Waals surface area (Å²) in [6.07, 6.45) is 1.71. The number of aromatic nitrogens is 3. The van der Waals surface area contributed by atoms with Crippen molar-refractivity contribution in [3.05, 3.63) is 47.3 Å². The van der Waals surface area contributed by atoms with E-state index in [1.807, 2.05) is 30.7 Å². The third kappa shape index (κ3) is 4.88. The maximum Gasteiger partial charge on any atom is 0.223 e. The molecule has 1 aromatic carbocycles. The van der Waals surface area contributed by atoms with Crippen molar-refractivity contribution in [2.75, 3.05) is 19.6 Å². The monoisotopic (exact) mass is 359 g/mol. The first-order valence-corrected chi connectivity index (χ1v) is 9.14. The van der Waals surface area contributed by atoms with Crippen molar-refractivity contribution in [3.63, 3.8) is 0 Å². The Labute approximate surface area is 153 Å². The molecule has 7 heteroatoms. The number of halogens is 1. The highest BCUT2D eigenvalue weighted by Crippen LogP contribution is 2.19. The van der Waals surface area contributed by atoms with Crippen LogP contribution in [-0.2, 0) is 17.9 Å². The molecule has 1 aromatic heterocycles. The minimum Gasteiger partial charge on any atom is -0.354 e. The van der Waals surface area contributed by atoms with Gasteiger partial charge in [-0.15, -0.1) is 0 Å². The highest BCUT2D eigenvalue weighted by molar-refractivity contribution is 5.78. The average Bonchev–Trinajstić information content (AvgIpc) is 2.95. The highest BCUT2D eigenvalue weighted by Gasteiger charge is 2.24. The molecule has 0 radical (unpaired) electrons. The maximum absolute atomic E-state index is 13.0. The number of nitrogens with one attached hydrogen (secondary N) is 1. The molecule has 1 aliphatic rings. The molecule has 0 bridgehead atoms. The maximum atomic E-state index is 13.0. The molecule has 1 aliphatic heterocycles. The van der Waals surface area contributed by atoms with Crippen LogP contribution in [0.2, 0.25) is 0 Å². The topological polar surface area (TPSA) is 63.1 Å². The fraction of sp³-hybridized carbons (Fsp3) is 0.526. The largest absolute Gasteiger partial charge is 0.354 e. The molecule has 3 rings (SSSR count). The number of rotatable bonds is 6. The molecule has 140 valence electrons. The van der Waals surface area contributed by atoms with Gasteiger partial charge in [0.15, 0.2) is 0 Å². The van der Waals surface area contributed by atoms with Gasteiger partial charge in [-0.05, 0) is 57.5 Å². The number of carbonyl (C=O) groups excluding carboxylic acids is 1. The second kappa shape index (κ2) is 8.40. The Morgan fingerprint density at radius 1 is 1.23 bits per heavy atom. The number of nitrogens with zero attached hydrogens (tertiary/aromatic N) is 4. The number of benzene rings is 1. The van der Waals surface area contributed by atoms with Crippen LogP contribution in [0.1, 0.15) is 30.1 Å². The lowest BCUT2D eigenvalue weighted by Crippen LogP contribution is -2.41. The zero-order valence-corrected chi connectivity index (χ0v) is 15.4. The van der Waals surface area contributed by atoms with Gasteiger partial charge in [-0.3, -0.25) is 9.69 Å². The van der Waals surface area contributed by atoms with Gasteiger partial charge in [0, 0.05) is 19.0 Å². The third-order valence-electron chi connectivity index (χ3n) is 4.86. The molecule has 0 aliphatic carbocycles. The fourth-order valence-corrected chi connectivity index (χ4v) is 3.40. The summed E-state index contributed by atoms with van der Waals surface area (Å²) in [4.78, 5) is 18.9. The summed E-state index contributed by atoms with van der Waals surface area (Å²) in [7, 11) is 0. The first-order valence-electron chi connectivity index (χ1n) is 9.14. The predicted molar refractivity (Wildman–Crippen MR) is 96.9 cm³/mol. The Hall–Kier alpha value is -2.28. The van der Waals surface area contributed by atoms with Crippen LogP contribution in [0.15, 0.2) is 24.3 Å². The van der Waals surface area contributed by atoms with Crippen LogP contribution in [0.4, 0.5) is 4.39 Å². The Kier molecular flexibility index (Phi) is 5.98. The Bertz CT molecular complexity index is 735. The minimum atomic E-state index is -0.208. The van der Waals surface area contributed by atoms with Crippen LogP contribution in [0.3, 0.4) is 0 Å². The van der Waals surface area contributed by atoms with E-state index >= 15 is 0 Å². The van der Waals surface area contributed by atoms with Gasteiger partial charge >= 0.3 is 0 Å². The summed E-state index contributed by atoms with van der Waals surface area (Å²) in [5, 5.41) is 7.32. The van der Waals surface area contributed by atoms with E-state index in [1.54, 1.807) is 0 Å². The molecule has 0 saturated carbocycles. The summed E-state index contributed by atoms with van der Waals surface area (Å²) in [6, 6.07) is 6.63. The quantitative estimate of drug-likeness (QED) is 0.858. The molecule has 2 aromatic rings. The van der Waals surface area contributed by atoms with E-state index in [4.69, 9.17) is 0 Å². The summed E-state index contributed by atoms with van der Waals surface area (Å²) in [5.41, 5.74) is 1.10. The van der Waals surface area contributed by atoms with E-state index in [1.165, 1.54) is 12.1 Å². The van der Waals surface area contributed by atoms with E-state index < -0.39 is 0 Å². The van der Waals surface area contributed by atoms with Gasteiger partial charge in [-0.25, -0.2) is 14.1 Å². The van der Waals surface area contributed by atoms with Gasteiger partial charge in [-0.2, -0.15) is 5.10 Å². The van der Waals surface area contributed by atoms with E-state index in [9.17, 15) is 9.18 Å². The van der Waals surface area contributed by atoms with Crippen molar-refractivity contribution in [2.45, 2.75) is 39.8 Å². The van der Waals surface area contributed by atoms with Gasteiger partial charge in [0.05, 0.1) is 6.54 Å². The molecule has 2 heterocycles. The molecular weight excluding hydrogens is 333 g/mol. The van der Waals surface area contributed by atoms with Crippen LogP contribution in [0, 0.1) is 25.6 Å². The number of hydrogen-bond donors (Lipinski definition) is 1. The van der Waals surface area contributed by atoms with Gasteiger partial charge in [0.25, 0.3) is 0 Å². The van der Waals surface area contributed by atoms with Gasteiger partial charge in [0.1, 0.15) is 17.5 Å². The molecule has 0 unspecified atom stereocenters. The van der Waals surface area contributed by atoms with Gasteiger partial charge < -0.3 is 5.32 Å². The first-order chi connectivity index (χ1) is 12.5. The van der Waals surface area contributed by atoms with Crippen molar-refractivity contribution < 1.29 is 9.18 Å². The van der Waals surface area contributed by atoms with Crippen LogP contribution in [0.5, 0.6) is 0 Å². The van der Waals surface area contributed by atoms with E-state index in [0.717, 1.165) is 49.7 Å². The molecule has 1 amide bonds. The van der Waals surface area contributed by atoms with Crippen LogP contribution >= 0.6 is 0 Å². The number of likely N-dealkylation sites (tertiary alicyclic amines) is 1. The van der Waals surface area contributed by atoms with E-state index in [-0.39, 0.29) is 17.6 Å². The zero-order valence-electron chi connectivity index (χ0n) is 15.4. The molecular formula is C19H26FN5O. The fourth-order valence-electron chi connectivity index (χ4n) is 3.40. The smallest absolute Gasteiger partial charge is 0.223 e. The minimum absolute atomic E-state index is 0.0676. The van der Waals surface area contributed by atoms with E-state index in [0.29, 0.717) is 13.1 Å². The number of piperidine rings is 1. The molecule has 0 spiro atoms. The Morgan fingerprint density at radius 3 is 2.54 bits per heavy atom. The SMILES string of the molecule is Cc1nc(C)n(CCNC(=O)C2CCN(Cc3ccc(F)cc3)CC2)n1.